The molecule has 11 rings (SSSR count). The van der Waals surface area contributed by atoms with E-state index in [9.17, 15) is 0 Å². The second kappa shape index (κ2) is 12.1. The number of hydrogen-bond donors (Lipinski definition) is 0. The van der Waals surface area contributed by atoms with Crippen molar-refractivity contribution < 1.29 is 9.15 Å². The molecule has 8 aromatic rings. The van der Waals surface area contributed by atoms with E-state index >= 15 is 0 Å². The summed E-state index contributed by atoms with van der Waals surface area (Å²) in [5.74, 6) is 4.70. The van der Waals surface area contributed by atoms with Crippen molar-refractivity contribution >= 4 is 49.8 Å². The van der Waals surface area contributed by atoms with Gasteiger partial charge in [-0.3, -0.25) is 0 Å². The highest BCUT2D eigenvalue weighted by Crippen LogP contribution is 2.65. The minimum Gasteiger partial charge on any atom is -0.457 e. The van der Waals surface area contributed by atoms with Crippen molar-refractivity contribution in [2.24, 2.45) is 23.7 Å². The van der Waals surface area contributed by atoms with Gasteiger partial charge in [0, 0.05) is 55.7 Å². The number of nitrogens with zero attached hydrogens (tertiary/aromatic N) is 1. The van der Waals surface area contributed by atoms with Crippen LogP contribution in [0.3, 0.4) is 0 Å². The maximum Gasteiger partial charge on any atom is 0.143 e. The Bertz CT molecular complexity index is 2700. The van der Waals surface area contributed by atoms with E-state index in [1.165, 1.54) is 47.6 Å². The zero-order chi connectivity index (χ0) is 36.0. The molecule has 0 N–H and O–H groups in total. The van der Waals surface area contributed by atoms with Gasteiger partial charge in [0.2, 0.25) is 0 Å². The highest BCUT2D eigenvalue weighted by molar-refractivity contribution is 6.09. The number of para-hydroxylation sites is 3. The third-order valence-corrected chi connectivity index (χ3v) is 13.1. The van der Waals surface area contributed by atoms with Crippen LogP contribution in [0.4, 0.5) is 17.1 Å². The molecule has 3 aliphatic rings. The minimum absolute atomic E-state index is 0.0306. The SMILES string of the molecule is C[C@H]1C[C@@H]2C[C@@H](C)C[C@H](C1)C21c2ccccc2Oc2cc(N(c3cccc(-c4cccc5c4oc4ccccc45)c3)c3cccc4ccccc34)ccc21. The van der Waals surface area contributed by atoms with Crippen molar-refractivity contribution in [1.29, 1.82) is 0 Å². The Morgan fingerprint density at radius 2 is 1.19 bits per heavy atom. The molecule has 1 spiro atoms. The van der Waals surface area contributed by atoms with Crippen LogP contribution in [-0.2, 0) is 5.41 Å². The standard InChI is InChI=1S/C51H43NO2/c1-32-26-36-28-33(2)29-37(27-32)51(36)44-20-6-8-23-48(44)53-49-31-39(24-25-45(49)51)52(46-21-10-13-34-12-3-4-16-40(34)46)38-15-9-14-35(30-38)41-18-11-19-43-42-17-5-7-22-47(42)54-50(41)43/h3-25,30-33,36-37H,26-29H2,1-2H3/t32-,33+,36+,37-,51?. The lowest BCUT2D eigenvalue weighted by Gasteiger charge is -2.58. The molecule has 2 fully saturated rings. The second-order valence-corrected chi connectivity index (χ2v) is 16.4. The molecular formula is C51H43NO2. The summed E-state index contributed by atoms with van der Waals surface area (Å²) in [4.78, 5) is 2.42. The molecule has 2 bridgehead atoms. The van der Waals surface area contributed by atoms with Gasteiger partial charge < -0.3 is 14.1 Å². The van der Waals surface area contributed by atoms with E-state index < -0.39 is 0 Å². The molecule has 0 amide bonds. The molecule has 54 heavy (non-hydrogen) atoms. The molecule has 1 aliphatic heterocycles. The Morgan fingerprint density at radius 1 is 0.537 bits per heavy atom. The number of anilines is 3. The molecule has 3 heteroatoms. The van der Waals surface area contributed by atoms with E-state index in [2.05, 4.69) is 164 Å². The van der Waals surface area contributed by atoms with Crippen LogP contribution in [-0.4, -0.2) is 0 Å². The lowest BCUT2D eigenvalue weighted by atomic mass is 9.46. The summed E-state index contributed by atoms with van der Waals surface area (Å²) in [5, 5.41) is 4.69. The van der Waals surface area contributed by atoms with E-state index in [1.54, 1.807) is 0 Å². The monoisotopic (exact) mass is 701 g/mol. The van der Waals surface area contributed by atoms with E-state index in [0.29, 0.717) is 11.8 Å². The first-order valence-electron chi connectivity index (χ1n) is 19.8. The number of fused-ring (bicyclic) bond motifs is 6. The summed E-state index contributed by atoms with van der Waals surface area (Å²) >= 11 is 0. The summed E-state index contributed by atoms with van der Waals surface area (Å²) in [6.07, 6.45) is 5.07. The van der Waals surface area contributed by atoms with Crippen LogP contribution in [0.25, 0.3) is 43.8 Å². The fraction of sp³-hybridized carbons (Fsp3) is 0.216. The van der Waals surface area contributed by atoms with Gasteiger partial charge in [-0.15, -0.1) is 0 Å². The fourth-order valence-corrected chi connectivity index (χ4v) is 11.1. The maximum absolute atomic E-state index is 7.00. The van der Waals surface area contributed by atoms with Crippen LogP contribution in [0.15, 0.2) is 156 Å². The van der Waals surface area contributed by atoms with Crippen LogP contribution in [0.5, 0.6) is 11.5 Å². The van der Waals surface area contributed by atoms with E-state index in [0.717, 1.165) is 73.5 Å². The quantitative estimate of drug-likeness (QED) is 0.183. The van der Waals surface area contributed by atoms with Crippen LogP contribution >= 0.6 is 0 Å². The molecule has 2 aliphatic carbocycles. The Balaban J connectivity index is 1.11. The van der Waals surface area contributed by atoms with Crippen molar-refractivity contribution in [3.8, 4) is 22.6 Å². The predicted octanol–water partition coefficient (Wildman–Crippen LogP) is 14.4. The van der Waals surface area contributed by atoms with Crippen molar-refractivity contribution in [2.75, 3.05) is 4.90 Å². The minimum atomic E-state index is -0.0306. The lowest BCUT2D eigenvalue weighted by molar-refractivity contribution is 0.0216. The summed E-state index contributed by atoms with van der Waals surface area (Å²) in [7, 11) is 0. The first-order chi connectivity index (χ1) is 26.6. The van der Waals surface area contributed by atoms with Gasteiger partial charge in [-0.25, -0.2) is 0 Å². The summed E-state index contributed by atoms with van der Waals surface area (Å²) in [6.45, 7) is 4.95. The molecule has 3 nitrogen and oxygen atoms in total. The summed E-state index contributed by atoms with van der Waals surface area (Å²) in [6, 6.07) is 55.1. The van der Waals surface area contributed by atoms with Gasteiger partial charge in [-0.05, 0) is 96.7 Å². The number of ether oxygens (including phenoxy) is 1. The van der Waals surface area contributed by atoms with E-state index in [4.69, 9.17) is 9.15 Å². The van der Waals surface area contributed by atoms with Gasteiger partial charge in [0.05, 0.1) is 5.69 Å². The van der Waals surface area contributed by atoms with Gasteiger partial charge >= 0.3 is 0 Å². The van der Waals surface area contributed by atoms with E-state index in [1.807, 2.05) is 6.07 Å². The Morgan fingerprint density at radius 3 is 2.04 bits per heavy atom. The third kappa shape index (κ3) is 4.67. The molecule has 0 unspecified atom stereocenters. The molecule has 0 atom stereocenters. The number of rotatable bonds is 4. The van der Waals surface area contributed by atoms with Crippen molar-refractivity contribution in [3.05, 3.63) is 163 Å². The van der Waals surface area contributed by atoms with Crippen LogP contribution in [0.1, 0.15) is 50.7 Å². The highest BCUT2D eigenvalue weighted by Gasteiger charge is 2.57. The van der Waals surface area contributed by atoms with Crippen molar-refractivity contribution in [2.45, 2.75) is 44.9 Å². The van der Waals surface area contributed by atoms with Crippen molar-refractivity contribution in [3.63, 3.8) is 0 Å². The smallest absolute Gasteiger partial charge is 0.143 e. The van der Waals surface area contributed by atoms with Gasteiger partial charge in [-0.1, -0.05) is 123 Å². The average Bonchev–Trinajstić information content (AvgIpc) is 3.58. The Labute approximate surface area is 316 Å². The topological polar surface area (TPSA) is 25.6 Å². The van der Waals surface area contributed by atoms with Gasteiger partial charge in [0.1, 0.15) is 22.7 Å². The van der Waals surface area contributed by atoms with Crippen LogP contribution in [0, 0.1) is 23.7 Å². The number of furan rings is 1. The molecule has 0 radical (unpaired) electrons. The molecule has 2 saturated carbocycles. The van der Waals surface area contributed by atoms with Crippen molar-refractivity contribution in [1.82, 2.24) is 0 Å². The lowest BCUT2D eigenvalue weighted by Crippen LogP contribution is -2.53. The van der Waals surface area contributed by atoms with E-state index in [-0.39, 0.29) is 5.41 Å². The molecule has 264 valence electrons. The van der Waals surface area contributed by atoms with Gasteiger partial charge in [-0.2, -0.15) is 0 Å². The first kappa shape index (κ1) is 31.7. The third-order valence-electron chi connectivity index (χ3n) is 13.1. The van der Waals surface area contributed by atoms with Crippen LogP contribution in [0.2, 0.25) is 0 Å². The summed E-state index contributed by atoms with van der Waals surface area (Å²) < 4.78 is 13.5. The largest absolute Gasteiger partial charge is 0.457 e. The van der Waals surface area contributed by atoms with Gasteiger partial charge in [0.25, 0.3) is 0 Å². The second-order valence-electron chi connectivity index (χ2n) is 16.4. The molecule has 2 heterocycles. The molecule has 0 saturated heterocycles. The zero-order valence-electron chi connectivity index (χ0n) is 30.8. The Kier molecular flexibility index (Phi) is 7.11. The number of hydrogen-bond acceptors (Lipinski definition) is 3. The fourth-order valence-electron chi connectivity index (χ4n) is 11.1. The maximum atomic E-state index is 7.00. The molecule has 1 aromatic heterocycles. The summed E-state index contributed by atoms with van der Waals surface area (Å²) in [5.41, 5.74) is 10.1. The number of benzene rings is 7. The average molecular weight is 702 g/mol. The highest BCUT2D eigenvalue weighted by atomic mass is 16.5. The Hall–Kier alpha value is -5.80. The zero-order valence-corrected chi connectivity index (χ0v) is 30.8. The predicted molar refractivity (Wildman–Crippen MR) is 222 cm³/mol. The molecule has 7 aromatic carbocycles. The molecular weight excluding hydrogens is 659 g/mol. The van der Waals surface area contributed by atoms with Gasteiger partial charge in [0.15, 0.2) is 0 Å². The first-order valence-corrected chi connectivity index (χ1v) is 19.8. The van der Waals surface area contributed by atoms with Crippen LogP contribution < -0.4 is 9.64 Å². The normalized spacial score (nSPS) is 22.9.